The van der Waals surface area contributed by atoms with Crippen molar-refractivity contribution in [2.24, 2.45) is 76.9 Å². The molecule has 1 heteroatoms. The van der Waals surface area contributed by atoms with Crippen molar-refractivity contribution in [2.45, 2.75) is 204 Å². The molecule has 0 aliphatic heterocycles. The van der Waals surface area contributed by atoms with Crippen molar-refractivity contribution in [1.82, 2.24) is 0 Å². The Labute approximate surface area is 288 Å². The molecule has 8 aliphatic carbocycles. The van der Waals surface area contributed by atoms with E-state index in [9.17, 15) is 0 Å². The van der Waals surface area contributed by atoms with Crippen LogP contribution < -0.4 is 0 Å². The molecule has 0 N–H and O–H groups in total. The van der Waals surface area contributed by atoms with Crippen LogP contribution in [0.25, 0.3) is 0 Å². The fourth-order valence-electron chi connectivity index (χ4n) is 16.9. The van der Waals surface area contributed by atoms with Crippen LogP contribution in [0.4, 0.5) is 0 Å². The Kier molecular flexibility index (Phi) is 10.5. The zero-order valence-electron chi connectivity index (χ0n) is 31.3. The number of fused-ring (bicyclic) bond motifs is 2. The van der Waals surface area contributed by atoms with Crippen molar-refractivity contribution in [1.29, 1.82) is 0 Å². The first-order chi connectivity index (χ1) is 22.5. The zero-order chi connectivity index (χ0) is 31.3. The highest BCUT2D eigenvalue weighted by molar-refractivity contribution is 6.80. The first-order valence-electron chi connectivity index (χ1n) is 22.5. The van der Waals surface area contributed by atoms with Gasteiger partial charge in [0.05, 0.1) is 8.07 Å². The van der Waals surface area contributed by atoms with Crippen LogP contribution in [0, 0.1) is 76.9 Å². The molecule has 0 spiro atoms. The maximum absolute atomic E-state index is 2.99. The van der Waals surface area contributed by atoms with Gasteiger partial charge in [0.15, 0.2) is 0 Å². The second kappa shape index (κ2) is 14.5. The molecule has 0 heterocycles. The Balaban J connectivity index is 0.899. The third-order valence-corrected chi connectivity index (χ3v) is 24.0. The first-order valence-corrected chi connectivity index (χ1v) is 25.6. The molecule has 0 saturated heterocycles. The number of hydrogen-bond donors (Lipinski definition) is 0. The van der Waals surface area contributed by atoms with Crippen LogP contribution in [-0.4, -0.2) is 8.07 Å². The third kappa shape index (κ3) is 6.44. The second-order valence-corrected chi connectivity index (χ2v) is 25.8. The minimum atomic E-state index is -1.34. The minimum Gasteiger partial charge on any atom is -0.0689 e. The molecular formula is C45H78Si. The SMILES string of the molecule is CC1CC2C(C3CCC(C4CCCCC4)CC3)CCCC2C1[Si](C)(C)C1CCC2C(C3CCC(C4CCCCC4)CC3)CCCC21. The van der Waals surface area contributed by atoms with Gasteiger partial charge in [-0.25, -0.2) is 0 Å². The molecule has 0 aromatic carbocycles. The molecule has 0 aromatic heterocycles. The summed E-state index contributed by atoms with van der Waals surface area (Å²) in [5, 5.41) is 0. The fourth-order valence-corrected chi connectivity index (χ4v) is 22.9. The molecule has 9 atom stereocenters. The van der Waals surface area contributed by atoms with E-state index >= 15 is 0 Å². The van der Waals surface area contributed by atoms with Crippen molar-refractivity contribution in [3.8, 4) is 0 Å². The lowest BCUT2D eigenvalue weighted by molar-refractivity contribution is 0.0687. The van der Waals surface area contributed by atoms with Gasteiger partial charge in [-0.15, -0.1) is 0 Å². The van der Waals surface area contributed by atoms with E-state index in [4.69, 9.17) is 0 Å². The van der Waals surface area contributed by atoms with Gasteiger partial charge in [0.25, 0.3) is 0 Å². The van der Waals surface area contributed by atoms with Gasteiger partial charge in [-0.3, -0.25) is 0 Å². The highest BCUT2D eigenvalue weighted by atomic mass is 28.3. The molecule has 0 radical (unpaired) electrons. The molecule has 8 rings (SSSR count). The van der Waals surface area contributed by atoms with Gasteiger partial charge in [0.1, 0.15) is 0 Å². The van der Waals surface area contributed by atoms with Crippen molar-refractivity contribution in [3.05, 3.63) is 0 Å². The Hall–Kier alpha value is 0.217. The van der Waals surface area contributed by atoms with E-state index in [1.54, 1.807) is 161 Å². The normalized spacial score (nSPS) is 48.2. The van der Waals surface area contributed by atoms with Crippen molar-refractivity contribution >= 4 is 8.07 Å². The Bertz CT molecular complexity index is 955. The molecule has 8 fully saturated rings. The molecular weight excluding hydrogens is 569 g/mol. The maximum atomic E-state index is 2.99. The van der Waals surface area contributed by atoms with Gasteiger partial charge in [-0.05, 0) is 165 Å². The van der Waals surface area contributed by atoms with Gasteiger partial charge in [-0.2, -0.15) is 0 Å². The largest absolute Gasteiger partial charge is 0.0689 e. The van der Waals surface area contributed by atoms with Crippen LogP contribution in [0.1, 0.15) is 180 Å². The summed E-state index contributed by atoms with van der Waals surface area (Å²) in [4.78, 5) is 0. The van der Waals surface area contributed by atoms with Crippen LogP contribution in [0.3, 0.4) is 0 Å². The van der Waals surface area contributed by atoms with E-state index in [0.717, 1.165) is 88.0 Å². The summed E-state index contributed by atoms with van der Waals surface area (Å²) in [6.45, 7) is 8.76. The van der Waals surface area contributed by atoms with Crippen molar-refractivity contribution in [3.63, 3.8) is 0 Å². The quantitative estimate of drug-likeness (QED) is 0.252. The van der Waals surface area contributed by atoms with E-state index < -0.39 is 8.07 Å². The zero-order valence-corrected chi connectivity index (χ0v) is 32.3. The molecule has 46 heavy (non-hydrogen) atoms. The average molecular weight is 647 g/mol. The average Bonchev–Trinajstić information content (AvgIpc) is 3.71. The van der Waals surface area contributed by atoms with Crippen LogP contribution in [0.5, 0.6) is 0 Å². The van der Waals surface area contributed by atoms with E-state index in [1.165, 1.54) is 12.8 Å². The van der Waals surface area contributed by atoms with E-state index in [0.29, 0.717) is 0 Å². The summed E-state index contributed by atoms with van der Waals surface area (Å²) < 4.78 is 0. The van der Waals surface area contributed by atoms with E-state index in [1.807, 2.05) is 0 Å². The molecule has 0 amide bonds. The second-order valence-electron chi connectivity index (χ2n) is 20.7. The van der Waals surface area contributed by atoms with Crippen LogP contribution in [0.15, 0.2) is 0 Å². The standard InChI is InChI=1S/C45H78Si/c1-31-30-43-39(37-26-22-35(23-27-37)33-14-8-5-9-15-33)17-11-19-42(43)45(31)46(2,3)44-29-28-40-38(16-10-18-41(40)44)36-24-20-34(21-25-36)32-12-6-4-7-13-32/h31-45H,4-30H2,1-3H3. The Morgan fingerprint density at radius 3 is 1.30 bits per heavy atom. The topological polar surface area (TPSA) is 0 Å². The molecule has 262 valence electrons. The summed E-state index contributed by atoms with van der Waals surface area (Å²) in [7, 11) is -1.34. The summed E-state index contributed by atoms with van der Waals surface area (Å²) in [5.74, 6) is 14.4. The fraction of sp³-hybridized carbons (Fsp3) is 1.00. The lowest BCUT2D eigenvalue weighted by Gasteiger charge is -2.50. The number of rotatable bonds is 6. The van der Waals surface area contributed by atoms with Gasteiger partial charge < -0.3 is 0 Å². The number of hydrogen-bond acceptors (Lipinski definition) is 0. The van der Waals surface area contributed by atoms with E-state index in [-0.39, 0.29) is 0 Å². The molecule has 0 aromatic rings. The summed E-state index contributed by atoms with van der Waals surface area (Å²) >= 11 is 0. The van der Waals surface area contributed by atoms with Crippen molar-refractivity contribution in [2.75, 3.05) is 0 Å². The molecule has 0 nitrogen and oxygen atoms in total. The summed E-state index contributed by atoms with van der Waals surface area (Å²) in [6, 6.07) is 0. The highest BCUT2D eigenvalue weighted by Gasteiger charge is 2.58. The van der Waals surface area contributed by atoms with Gasteiger partial charge in [-0.1, -0.05) is 116 Å². The monoisotopic (exact) mass is 647 g/mol. The predicted octanol–water partition coefficient (Wildman–Crippen LogP) is 14.1. The molecule has 9 unspecified atom stereocenters. The summed E-state index contributed by atoms with van der Waals surface area (Å²) in [5.41, 5.74) is 2.31. The third-order valence-electron chi connectivity index (χ3n) is 18.7. The summed E-state index contributed by atoms with van der Waals surface area (Å²) in [6.07, 6.45) is 43.0. The predicted molar refractivity (Wildman–Crippen MR) is 201 cm³/mol. The van der Waals surface area contributed by atoms with Crippen LogP contribution in [-0.2, 0) is 0 Å². The van der Waals surface area contributed by atoms with Crippen LogP contribution in [0.2, 0.25) is 24.2 Å². The van der Waals surface area contributed by atoms with Gasteiger partial charge >= 0.3 is 0 Å². The smallest absolute Gasteiger partial charge is 0.0544 e. The van der Waals surface area contributed by atoms with Gasteiger partial charge in [0, 0.05) is 0 Å². The first kappa shape index (κ1) is 33.4. The molecule has 8 aliphatic rings. The van der Waals surface area contributed by atoms with E-state index in [2.05, 4.69) is 20.0 Å². The highest BCUT2D eigenvalue weighted by Crippen LogP contribution is 2.66. The lowest BCUT2D eigenvalue weighted by atomic mass is 9.62. The lowest BCUT2D eigenvalue weighted by Crippen LogP contribution is -2.46. The van der Waals surface area contributed by atoms with Gasteiger partial charge in [0.2, 0.25) is 0 Å². The Morgan fingerprint density at radius 1 is 0.326 bits per heavy atom. The Morgan fingerprint density at radius 2 is 0.761 bits per heavy atom. The minimum absolute atomic E-state index is 1.03. The molecule has 8 saturated carbocycles. The molecule has 0 bridgehead atoms. The van der Waals surface area contributed by atoms with Crippen molar-refractivity contribution < 1.29 is 0 Å². The van der Waals surface area contributed by atoms with Crippen LogP contribution >= 0.6 is 0 Å². The maximum Gasteiger partial charge on any atom is 0.0544 e.